The summed E-state index contributed by atoms with van der Waals surface area (Å²) in [5.41, 5.74) is 0. The number of amides is 2. The summed E-state index contributed by atoms with van der Waals surface area (Å²) in [6.07, 6.45) is 0.388. The fourth-order valence-corrected chi connectivity index (χ4v) is 2.83. The van der Waals surface area contributed by atoms with Crippen LogP contribution in [0.4, 0.5) is 0 Å². The second kappa shape index (κ2) is 6.03. The van der Waals surface area contributed by atoms with E-state index in [9.17, 15) is 9.59 Å². The summed E-state index contributed by atoms with van der Waals surface area (Å²) in [5.74, 6) is 6.66. The van der Waals surface area contributed by atoms with Crippen molar-refractivity contribution in [2.24, 2.45) is 5.92 Å². The molecule has 2 saturated heterocycles. The Morgan fingerprint density at radius 1 is 1.35 bits per heavy atom. The predicted molar refractivity (Wildman–Crippen MR) is 81.1 cm³/mol. The summed E-state index contributed by atoms with van der Waals surface area (Å²) in [6, 6.07) is 0.0707. The second-order valence-corrected chi connectivity index (χ2v) is 6.41. The van der Waals surface area contributed by atoms with Gasteiger partial charge in [-0.1, -0.05) is 24.9 Å². The third kappa shape index (κ3) is 3.21. The van der Waals surface area contributed by atoms with Crippen molar-refractivity contribution in [2.45, 2.75) is 39.2 Å². The molecule has 0 aromatic carbocycles. The Hall–Kier alpha value is -2.36. The van der Waals surface area contributed by atoms with Gasteiger partial charge in [-0.3, -0.25) is 9.59 Å². The third-order valence-corrected chi connectivity index (χ3v) is 4.11. The highest BCUT2D eigenvalue weighted by Crippen LogP contribution is 2.30. The maximum absolute atomic E-state index is 12.2. The van der Waals surface area contributed by atoms with Crippen molar-refractivity contribution in [3.05, 3.63) is 11.7 Å². The van der Waals surface area contributed by atoms with E-state index in [1.165, 1.54) is 0 Å². The molecule has 0 radical (unpaired) electrons. The van der Waals surface area contributed by atoms with Crippen LogP contribution in [0.3, 0.4) is 0 Å². The molecule has 2 aliphatic rings. The molecule has 0 N–H and O–H groups in total. The standard InChI is InChI=1S/C16H20N4O3/c1-10(2)4-5-14(21)19-8-13(9-19)20-7-12(6-15(20)22)16-17-11(3)18-23-16/h10,12-13H,6-9H2,1-3H3. The summed E-state index contributed by atoms with van der Waals surface area (Å²) in [7, 11) is 0. The predicted octanol–water partition coefficient (Wildman–Crippen LogP) is 0.564. The first-order valence-corrected chi connectivity index (χ1v) is 7.84. The van der Waals surface area contributed by atoms with Crippen LogP contribution in [0.5, 0.6) is 0 Å². The number of carbonyl (C=O) groups excluding carboxylic acids is 2. The maximum atomic E-state index is 12.2. The van der Waals surface area contributed by atoms with Gasteiger partial charge in [0.15, 0.2) is 5.82 Å². The van der Waals surface area contributed by atoms with Gasteiger partial charge in [0, 0.05) is 32.0 Å². The molecule has 3 rings (SSSR count). The van der Waals surface area contributed by atoms with E-state index in [0.717, 1.165) is 0 Å². The Bertz CT molecular complexity index is 679. The van der Waals surface area contributed by atoms with Crippen LogP contribution in [0.1, 0.15) is 37.9 Å². The zero-order valence-corrected chi connectivity index (χ0v) is 13.6. The molecular formula is C16H20N4O3. The fourth-order valence-electron chi connectivity index (χ4n) is 2.83. The van der Waals surface area contributed by atoms with Gasteiger partial charge in [-0.05, 0) is 12.8 Å². The summed E-state index contributed by atoms with van der Waals surface area (Å²) >= 11 is 0. The number of hydrogen-bond donors (Lipinski definition) is 0. The molecule has 2 amide bonds. The zero-order chi connectivity index (χ0) is 16.6. The Morgan fingerprint density at radius 3 is 2.70 bits per heavy atom. The van der Waals surface area contributed by atoms with E-state index >= 15 is 0 Å². The number of hydrogen-bond acceptors (Lipinski definition) is 5. The van der Waals surface area contributed by atoms with E-state index in [2.05, 4.69) is 22.0 Å². The van der Waals surface area contributed by atoms with Crippen molar-refractivity contribution in [1.82, 2.24) is 19.9 Å². The molecule has 7 heteroatoms. The molecule has 1 aromatic heterocycles. The van der Waals surface area contributed by atoms with Crippen molar-refractivity contribution in [3.8, 4) is 11.8 Å². The fraction of sp³-hybridized carbons (Fsp3) is 0.625. The molecule has 7 nitrogen and oxygen atoms in total. The molecule has 3 heterocycles. The van der Waals surface area contributed by atoms with Crippen molar-refractivity contribution >= 4 is 11.8 Å². The molecule has 0 aliphatic carbocycles. The highest BCUT2D eigenvalue weighted by Gasteiger charge is 2.43. The summed E-state index contributed by atoms with van der Waals surface area (Å²) in [6.45, 7) is 7.32. The third-order valence-electron chi connectivity index (χ3n) is 4.11. The summed E-state index contributed by atoms with van der Waals surface area (Å²) in [5, 5.41) is 3.78. The van der Waals surface area contributed by atoms with Crippen LogP contribution in [0.15, 0.2) is 4.52 Å². The molecule has 1 aromatic rings. The van der Waals surface area contributed by atoms with Crippen molar-refractivity contribution < 1.29 is 14.1 Å². The quantitative estimate of drug-likeness (QED) is 0.745. The zero-order valence-electron chi connectivity index (χ0n) is 13.6. The lowest BCUT2D eigenvalue weighted by Crippen LogP contribution is -2.61. The molecule has 23 heavy (non-hydrogen) atoms. The Labute approximate surface area is 135 Å². The van der Waals surface area contributed by atoms with Crippen molar-refractivity contribution in [2.75, 3.05) is 19.6 Å². The van der Waals surface area contributed by atoms with Crippen LogP contribution in [0.2, 0.25) is 0 Å². The Balaban J connectivity index is 1.55. The van der Waals surface area contributed by atoms with E-state index in [0.29, 0.717) is 37.8 Å². The van der Waals surface area contributed by atoms with Gasteiger partial charge < -0.3 is 14.3 Å². The smallest absolute Gasteiger partial charge is 0.298 e. The summed E-state index contributed by atoms with van der Waals surface area (Å²) < 4.78 is 5.17. The van der Waals surface area contributed by atoms with Gasteiger partial charge in [-0.2, -0.15) is 4.98 Å². The number of rotatable bonds is 2. The van der Waals surface area contributed by atoms with Gasteiger partial charge in [-0.15, -0.1) is 0 Å². The molecule has 1 atom stereocenters. The molecule has 2 aliphatic heterocycles. The number of nitrogens with zero attached hydrogens (tertiary/aromatic N) is 4. The van der Waals surface area contributed by atoms with E-state index < -0.39 is 0 Å². The van der Waals surface area contributed by atoms with Crippen LogP contribution < -0.4 is 0 Å². The molecule has 0 spiro atoms. The molecule has 0 bridgehead atoms. The highest BCUT2D eigenvalue weighted by molar-refractivity contribution is 5.94. The SMILES string of the molecule is Cc1noc(C2CC(=O)N(C3CN(C(=O)C#CC(C)C)C3)C2)n1. The molecule has 0 saturated carbocycles. The number of aryl methyl sites for hydroxylation is 1. The Morgan fingerprint density at radius 2 is 2.09 bits per heavy atom. The van der Waals surface area contributed by atoms with E-state index in [1.807, 2.05) is 18.7 Å². The maximum Gasteiger partial charge on any atom is 0.298 e. The highest BCUT2D eigenvalue weighted by atomic mass is 16.5. The van der Waals surface area contributed by atoms with Crippen LogP contribution in [-0.4, -0.2) is 57.4 Å². The van der Waals surface area contributed by atoms with Gasteiger partial charge in [0.25, 0.3) is 5.91 Å². The van der Waals surface area contributed by atoms with Crippen LogP contribution in [0, 0.1) is 24.7 Å². The topological polar surface area (TPSA) is 79.5 Å². The van der Waals surface area contributed by atoms with Gasteiger partial charge in [0.2, 0.25) is 11.8 Å². The minimum Gasteiger partial charge on any atom is -0.339 e. The van der Waals surface area contributed by atoms with Crippen LogP contribution in [-0.2, 0) is 9.59 Å². The number of carbonyl (C=O) groups is 2. The Kier molecular flexibility index (Phi) is 4.07. The van der Waals surface area contributed by atoms with Crippen LogP contribution in [0.25, 0.3) is 0 Å². The lowest BCUT2D eigenvalue weighted by atomic mass is 10.1. The largest absolute Gasteiger partial charge is 0.339 e. The van der Waals surface area contributed by atoms with Crippen molar-refractivity contribution in [1.29, 1.82) is 0 Å². The van der Waals surface area contributed by atoms with Crippen molar-refractivity contribution in [3.63, 3.8) is 0 Å². The number of aromatic nitrogens is 2. The lowest BCUT2D eigenvalue weighted by Gasteiger charge is -2.43. The minimum atomic E-state index is -0.161. The monoisotopic (exact) mass is 316 g/mol. The van der Waals surface area contributed by atoms with E-state index in [1.54, 1.807) is 11.8 Å². The summed E-state index contributed by atoms with van der Waals surface area (Å²) in [4.78, 5) is 31.8. The average molecular weight is 316 g/mol. The van der Waals surface area contributed by atoms with E-state index in [-0.39, 0.29) is 29.7 Å². The molecule has 1 unspecified atom stereocenters. The second-order valence-electron chi connectivity index (χ2n) is 6.41. The minimum absolute atomic E-state index is 0.0471. The average Bonchev–Trinajstić information content (AvgIpc) is 3.02. The first kappa shape index (κ1) is 15.5. The van der Waals surface area contributed by atoms with Gasteiger partial charge in [0.05, 0.1) is 12.0 Å². The van der Waals surface area contributed by atoms with Gasteiger partial charge in [0.1, 0.15) is 0 Å². The molecular weight excluding hydrogens is 296 g/mol. The molecule has 122 valence electrons. The number of likely N-dealkylation sites (tertiary alicyclic amines) is 2. The van der Waals surface area contributed by atoms with Gasteiger partial charge in [-0.25, -0.2) is 0 Å². The first-order chi connectivity index (χ1) is 10.9. The van der Waals surface area contributed by atoms with E-state index in [4.69, 9.17) is 4.52 Å². The molecule has 2 fully saturated rings. The first-order valence-electron chi connectivity index (χ1n) is 7.84. The normalized spacial score (nSPS) is 21.4. The van der Waals surface area contributed by atoms with Crippen LogP contribution >= 0.6 is 0 Å². The lowest BCUT2D eigenvalue weighted by molar-refractivity contribution is -0.140. The van der Waals surface area contributed by atoms with Gasteiger partial charge >= 0.3 is 0 Å².